The van der Waals surface area contributed by atoms with Crippen LogP contribution in [0.15, 0.2) is 24.3 Å². The van der Waals surface area contributed by atoms with E-state index >= 15 is 0 Å². The standard InChI is InChI=1S/C13H17N3S/c1-3-8-14-9-12-13(15-16-17-12)11-6-4-10(2)5-7-11/h4-7,14H,3,8-9H2,1-2H3. The van der Waals surface area contributed by atoms with Gasteiger partial charge in [-0.1, -0.05) is 41.2 Å². The monoisotopic (exact) mass is 247 g/mol. The molecule has 3 nitrogen and oxygen atoms in total. The zero-order chi connectivity index (χ0) is 12.1. The molecule has 0 fully saturated rings. The number of hydrogen-bond acceptors (Lipinski definition) is 4. The summed E-state index contributed by atoms with van der Waals surface area (Å²) in [5, 5.41) is 7.61. The Hall–Kier alpha value is -1.26. The van der Waals surface area contributed by atoms with Crippen molar-refractivity contribution in [1.82, 2.24) is 14.9 Å². The Morgan fingerprint density at radius 1 is 1.24 bits per heavy atom. The summed E-state index contributed by atoms with van der Waals surface area (Å²) >= 11 is 1.48. The molecular formula is C13H17N3S. The zero-order valence-electron chi connectivity index (χ0n) is 10.2. The predicted molar refractivity (Wildman–Crippen MR) is 72.1 cm³/mol. The Labute approximate surface area is 106 Å². The molecule has 0 radical (unpaired) electrons. The number of hydrogen-bond donors (Lipinski definition) is 1. The largest absolute Gasteiger partial charge is 0.312 e. The van der Waals surface area contributed by atoms with Crippen molar-refractivity contribution in [3.63, 3.8) is 0 Å². The van der Waals surface area contributed by atoms with Gasteiger partial charge in [0.25, 0.3) is 0 Å². The fourth-order valence-electron chi connectivity index (χ4n) is 1.63. The molecule has 0 aliphatic carbocycles. The summed E-state index contributed by atoms with van der Waals surface area (Å²) in [5.74, 6) is 0. The van der Waals surface area contributed by atoms with Gasteiger partial charge >= 0.3 is 0 Å². The Morgan fingerprint density at radius 2 is 2.00 bits per heavy atom. The van der Waals surface area contributed by atoms with Crippen molar-refractivity contribution < 1.29 is 0 Å². The lowest BCUT2D eigenvalue weighted by Gasteiger charge is -2.03. The molecule has 0 unspecified atom stereocenters. The van der Waals surface area contributed by atoms with Gasteiger partial charge in [-0.05, 0) is 31.4 Å². The molecule has 0 atom stereocenters. The molecule has 17 heavy (non-hydrogen) atoms. The van der Waals surface area contributed by atoms with E-state index in [1.807, 2.05) is 0 Å². The molecule has 1 aromatic carbocycles. The zero-order valence-corrected chi connectivity index (χ0v) is 11.0. The first-order valence-electron chi connectivity index (χ1n) is 5.90. The van der Waals surface area contributed by atoms with Gasteiger partial charge in [0.05, 0.1) is 4.88 Å². The average molecular weight is 247 g/mol. The minimum atomic E-state index is 0.856. The summed E-state index contributed by atoms with van der Waals surface area (Å²) < 4.78 is 4.05. The van der Waals surface area contributed by atoms with Crippen molar-refractivity contribution in [2.45, 2.75) is 26.8 Å². The van der Waals surface area contributed by atoms with Crippen molar-refractivity contribution in [2.24, 2.45) is 0 Å². The van der Waals surface area contributed by atoms with Gasteiger partial charge in [0.15, 0.2) is 0 Å². The van der Waals surface area contributed by atoms with E-state index in [4.69, 9.17) is 0 Å². The third-order valence-electron chi connectivity index (χ3n) is 2.59. The summed E-state index contributed by atoms with van der Waals surface area (Å²) in [5.41, 5.74) is 3.43. The highest BCUT2D eigenvalue weighted by atomic mass is 32.1. The molecule has 1 aromatic heterocycles. The lowest BCUT2D eigenvalue weighted by molar-refractivity contribution is 0.681. The van der Waals surface area contributed by atoms with E-state index in [-0.39, 0.29) is 0 Å². The van der Waals surface area contributed by atoms with Gasteiger partial charge in [0.2, 0.25) is 0 Å². The minimum Gasteiger partial charge on any atom is -0.312 e. The van der Waals surface area contributed by atoms with Crippen LogP contribution in [0.4, 0.5) is 0 Å². The van der Waals surface area contributed by atoms with Crippen molar-refractivity contribution in [2.75, 3.05) is 6.54 Å². The average Bonchev–Trinajstić information content (AvgIpc) is 2.79. The predicted octanol–water partition coefficient (Wildman–Crippen LogP) is 3.01. The third kappa shape index (κ3) is 3.11. The maximum Gasteiger partial charge on any atom is 0.110 e. The van der Waals surface area contributed by atoms with Crippen LogP contribution in [0.1, 0.15) is 23.8 Å². The molecule has 0 bridgehead atoms. The number of rotatable bonds is 5. The normalized spacial score (nSPS) is 10.7. The van der Waals surface area contributed by atoms with E-state index in [9.17, 15) is 0 Å². The van der Waals surface area contributed by atoms with Gasteiger partial charge in [-0.2, -0.15) is 0 Å². The van der Waals surface area contributed by atoms with Gasteiger partial charge in [-0.3, -0.25) is 0 Å². The van der Waals surface area contributed by atoms with Crippen molar-refractivity contribution in [1.29, 1.82) is 0 Å². The molecule has 0 spiro atoms. The summed E-state index contributed by atoms with van der Waals surface area (Å²) in [7, 11) is 0. The van der Waals surface area contributed by atoms with E-state index in [2.05, 4.69) is 53.0 Å². The molecule has 0 saturated carbocycles. The quantitative estimate of drug-likeness (QED) is 0.825. The smallest absolute Gasteiger partial charge is 0.110 e. The lowest BCUT2D eigenvalue weighted by atomic mass is 10.1. The van der Waals surface area contributed by atoms with Crippen LogP contribution in [-0.2, 0) is 6.54 Å². The molecule has 4 heteroatoms. The topological polar surface area (TPSA) is 37.8 Å². The molecule has 0 aliphatic heterocycles. The van der Waals surface area contributed by atoms with Crippen molar-refractivity contribution in [3.05, 3.63) is 34.7 Å². The van der Waals surface area contributed by atoms with E-state index in [0.29, 0.717) is 0 Å². The van der Waals surface area contributed by atoms with Gasteiger partial charge in [-0.15, -0.1) is 5.10 Å². The fourth-order valence-corrected chi connectivity index (χ4v) is 2.27. The molecule has 1 N–H and O–H groups in total. The number of aryl methyl sites for hydroxylation is 1. The Bertz CT molecular complexity index is 462. The van der Waals surface area contributed by atoms with Crippen LogP contribution in [0.5, 0.6) is 0 Å². The SMILES string of the molecule is CCCNCc1snnc1-c1ccc(C)cc1. The van der Waals surface area contributed by atoms with Crippen LogP contribution in [0.2, 0.25) is 0 Å². The molecule has 90 valence electrons. The van der Waals surface area contributed by atoms with Crippen LogP contribution < -0.4 is 5.32 Å². The van der Waals surface area contributed by atoms with Crippen LogP contribution in [-0.4, -0.2) is 16.1 Å². The summed E-state index contributed by atoms with van der Waals surface area (Å²) in [4.78, 5) is 1.21. The highest BCUT2D eigenvalue weighted by Gasteiger charge is 2.09. The summed E-state index contributed by atoms with van der Waals surface area (Å²) in [6.45, 7) is 6.14. The van der Waals surface area contributed by atoms with Gasteiger partial charge < -0.3 is 5.32 Å². The first kappa shape index (κ1) is 12.2. The Balaban J connectivity index is 2.15. The number of benzene rings is 1. The molecule has 2 rings (SSSR count). The maximum absolute atomic E-state index is 4.22. The molecule has 0 amide bonds. The van der Waals surface area contributed by atoms with Crippen LogP contribution in [0.3, 0.4) is 0 Å². The van der Waals surface area contributed by atoms with Crippen molar-refractivity contribution >= 4 is 11.5 Å². The van der Waals surface area contributed by atoms with Crippen LogP contribution >= 0.6 is 11.5 Å². The molecule has 0 saturated heterocycles. The highest BCUT2D eigenvalue weighted by molar-refractivity contribution is 7.05. The van der Waals surface area contributed by atoms with E-state index < -0.39 is 0 Å². The third-order valence-corrected chi connectivity index (χ3v) is 3.31. The highest BCUT2D eigenvalue weighted by Crippen LogP contribution is 2.23. The van der Waals surface area contributed by atoms with Crippen molar-refractivity contribution in [3.8, 4) is 11.3 Å². The minimum absolute atomic E-state index is 0.856. The van der Waals surface area contributed by atoms with Crippen LogP contribution in [0.25, 0.3) is 11.3 Å². The molecule has 2 aromatic rings. The lowest BCUT2D eigenvalue weighted by Crippen LogP contribution is -2.13. The Morgan fingerprint density at radius 3 is 2.71 bits per heavy atom. The van der Waals surface area contributed by atoms with E-state index in [1.165, 1.54) is 22.0 Å². The maximum atomic E-state index is 4.22. The van der Waals surface area contributed by atoms with Gasteiger partial charge in [0.1, 0.15) is 5.69 Å². The molecular weight excluding hydrogens is 230 g/mol. The second kappa shape index (κ2) is 5.89. The van der Waals surface area contributed by atoms with E-state index in [1.54, 1.807) is 0 Å². The fraction of sp³-hybridized carbons (Fsp3) is 0.385. The van der Waals surface area contributed by atoms with Crippen LogP contribution in [0, 0.1) is 6.92 Å². The number of nitrogens with zero attached hydrogens (tertiary/aromatic N) is 2. The summed E-state index contributed by atoms with van der Waals surface area (Å²) in [6.07, 6.45) is 1.14. The first-order valence-corrected chi connectivity index (χ1v) is 6.67. The second-order valence-corrected chi connectivity index (χ2v) is 4.93. The van der Waals surface area contributed by atoms with Gasteiger partial charge in [0, 0.05) is 12.1 Å². The first-order chi connectivity index (χ1) is 8.31. The van der Waals surface area contributed by atoms with E-state index in [0.717, 1.165) is 30.8 Å². The number of nitrogens with one attached hydrogen (secondary N) is 1. The molecule has 0 aliphatic rings. The summed E-state index contributed by atoms with van der Waals surface area (Å²) in [6, 6.07) is 8.43. The second-order valence-electron chi connectivity index (χ2n) is 4.09. The van der Waals surface area contributed by atoms with Gasteiger partial charge in [-0.25, -0.2) is 0 Å². The number of aromatic nitrogens is 2. The Kier molecular flexibility index (Phi) is 4.23. The molecule has 1 heterocycles.